The monoisotopic (exact) mass is 116 g/mol. The minimum atomic E-state index is -0.220. The van der Waals surface area contributed by atoms with Crippen molar-refractivity contribution in [3.05, 3.63) is 0 Å². The summed E-state index contributed by atoms with van der Waals surface area (Å²) in [5, 5.41) is 0. The Kier molecular flexibility index (Phi) is 1.48. The van der Waals surface area contributed by atoms with E-state index in [9.17, 15) is 4.79 Å². The van der Waals surface area contributed by atoms with Crippen molar-refractivity contribution < 1.29 is 14.3 Å². The Balaban J connectivity index is 2.07. The number of rotatable bonds is 2. The normalized spacial score (nSPS) is 24.9. The molecule has 0 N–H and O–H groups in total. The Morgan fingerprint density at radius 3 is 3.00 bits per heavy atom. The lowest BCUT2D eigenvalue weighted by atomic mass is 10.5. The van der Waals surface area contributed by atoms with Crippen molar-refractivity contribution in [1.82, 2.24) is 0 Å². The SMILES string of the molecule is CCC(=O)OC1CO1. The number of epoxide rings is 1. The molecule has 0 spiro atoms. The predicted molar refractivity (Wildman–Crippen MR) is 26.1 cm³/mol. The molecule has 0 saturated carbocycles. The molecular formula is C5H8O3. The minimum absolute atomic E-state index is 0.187. The van der Waals surface area contributed by atoms with E-state index < -0.39 is 0 Å². The fourth-order valence-electron chi connectivity index (χ4n) is 0.337. The van der Waals surface area contributed by atoms with Crippen LogP contribution in [-0.2, 0) is 14.3 Å². The molecule has 0 aromatic carbocycles. The van der Waals surface area contributed by atoms with Crippen LogP contribution in [-0.4, -0.2) is 18.9 Å². The average Bonchev–Trinajstić information content (AvgIpc) is 2.50. The molecular weight excluding hydrogens is 108 g/mol. The Morgan fingerprint density at radius 1 is 2.00 bits per heavy atom. The van der Waals surface area contributed by atoms with Crippen molar-refractivity contribution in [3.63, 3.8) is 0 Å². The summed E-state index contributed by atoms with van der Waals surface area (Å²) in [6.45, 7) is 2.33. The molecule has 0 amide bonds. The second-order valence-corrected chi connectivity index (χ2v) is 1.61. The fourth-order valence-corrected chi connectivity index (χ4v) is 0.337. The van der Waals surface area contributed by atoms with Crippen molar-refractivity contribution >= 4 is 5.97 Å². The van der Waals surface area contributed by atoms with Crippen molar-refractivity contribution in [2.24, 2.45) is 0 Å². The van der Waals surface area contributed by atoms with E-state index in [-0.39, 0.29) is 12.3 Å². The number of ether oxygens (including phenoxy) is 2. The van der Waals surface area contributed by atoms with Gasteiger partial charge in [0.25, 0.3) is 0 Å². The van der Waals surface area contributed by atoms with Gasteiger partial charge in [0.05, 0.1) is 0 Å². The molecule has 8 heavy (non-hydrogen) atoms. The minimum Gasteiger partial charge on any atom is -0.433 e. The first-order chi connectivity index (χ1) is 3.83. The van der Waals surface area contributed by atoms with E-state index in [4.69, 9.17) is 0 Å². The van der Waals surface area contributed by atoms with E-state index in [1.807, 2.05) is 0 Å². The van der Waals surface area contributed by atoms with Gasteiger partial charge in [-0.2, -0.15) is 0 Å². The van der Waals surface area contributed by atoms with E-state index in [0.717, 1.165) is 0 Å². The Bertz CT molecular complexity index is 95.8. The zero-order valence-electron chi connectivity index (χ0n) is 4.72. The second kappa shape index (κ2) is 2.13. The van der Waals surface area contributed by atoms with Gasteiger partial charge in [-0.1, -0.05) is 6.92 Å². The highest BCUT2D eigenvalue weighted by atomic mass is 16.8. The molecule has 1 saturated heterocycles. The summed E-state index contributed by atoms with van der Waals surface area (Å²) >= 11 is 0. The topological polar surface area (TPSA) is 38.8 Å². The van der Waals surface area contributed by atoms with Gasteiger partial charge in [-0.15, -0.1) is 0 Å². The van der Waals surface area contributed by atoms with E-state index in [1.54, 1.807) is 6.92 Å². The molecule has 0 aromatic rings. The Morgan fingerprint density at radius 2 is 2.62 bits per heavy atom. The quantitative estimate of drug-likeness (QED) is 0.384. The summed E-state index contributed by atoms with van der Waals surface area (Å²) in [5.74, 6) is -0.187. The van der Waals surface area contributed by atoms with Gasteiger partial charge in [-0.25, -0.2) is 0 Å². The van der Waals surface area contributed by atoms with E-state index in [2.05, 4.69) is 9.47 Å². The maximum absolute atomic E-state index is 10.4. The number of carbonyl (C=O) groups is 1. The molecule has 0 aliphatic carbocycles. The van der Waals surface area contributed by atoms with Crippen molar-refractivity contribution in [3.8, 4) is 0 Å². The summed E-state index contributed by atoms with van der Waals surface area (Å²) in [6.07, 6.45) is 0.210. The molecule has 1 aliphatic rings. The highest BCUT2D eigenvalue weighted by Gasteiger charge is 2.26. The maximum atomic E-state index is 10.4. The van der Waals surface area contributed by atoms with Crippen LogP contribution in [0.15, 0.2) is 0 Å². The average molecular weight is 116 g/mol. The van der Waals surface area contributed by atoms with Crippen LogP contribution >= 0.6 is 0 Å². The molecule has 1 heterocycles. The molecule has 46 valence electrons. The molecule has 0 aromatic heterocycles. The van der Waals surface area contributed by atoms with Gasteiger partial charge >= 0.3 is 5.97 Å². The molecule has 0 bridgehead atoms. The van der Waals surface area contributed by atoms with Gasteiger partial charge in [0.15, 0.2) is 0 Å². The number of esters is 1. The van der Waals surface area contributed by atoms with Crippen LogP contribution in [0.1, 0.15) is 13.3 Å². The van der Waals surface area contributed by atoms with Crippen LogP contribution in [0.25, 0.3) is 0 Å². The van der Waals surface area contributed by atoms with Crippen LogP contribution in [0.5, 0.6) is 0 Å². The standard InChI is InChI=1S/C5H8O3/c1-2-4(6)8-5-3-7-5/h5H,2-3H2,1H3. The zero-order chi connectivity index (χ0) is 5.98. The highest BCUT2D eigenvalue weighted by molar-refractivity contribution is 5.69. The fraction of sp³-hybridized carbons (Fsp3) is 0.800. The molecule has 1 unspecified atom stereocenters. The molecule has 3 heteroatoms. The molecule has 3 nitrogen and oxygen atoms in total. The predicted octanol–water partition coefficient (Wildman–Crippen LogP) is 0.296. The van der Waals surface area contributed by atoms with Gasteiger partial charge in [0.2, 0.25) is 6.29 Å². The lowest BCUT2D eigenvalue weighted by molar-refractivity contribution is -0.148. The van der Waals surface area contributed by atoms with Crippen molar-refractivity contribution in [2.45, 2.75) is 19.6 Å². The van der Waals surface area contributed by atoms with E-state index in [0.29, 0.717) is 13.0 Å². The Hall–Kier alpha value is -0.570. The van der Waals surface area contributed by atoms with Crippen LogP contribution in [0.2, 0.25) is 0 Å². The van der Waals surface area contributed by atoms with Gasteiger partial charge < -0.3 is 9.47 Å². The largest absolute Gasteiger partial charge is 0.433 e. The summed E-state index contributed by atoms with van der Waals surface area (Å²) < 4.78 is 9.29. The summed E-state index contributed by atoms with van der Waals surface area (Å²) in [7, 11) is 0. The van der Waals surface area contributed by atoms with Crippen molar-refractivity contribution in [2.75, 3.05) is 6.61 Å². The van der Waals surface area contributed by atoms with Crippen LogP contribution in [0.3, 0.4) is 0 Å². The first kappa shape index (κ1) is 5.56. The molecule has 1 atom stereocenters. The van der Waals surface area contributed by atoms with Crippen LogP contribution in [0, 0.1) is 0 Å². The third-order valence-corrected chi connectivity index (χ3v) is 0.854. The molecule has 1 fully saturated rings. The second-order valence-electron chi connectivity index (χ2n) is 1.61. The first-order valence-corrected chi connectivity index (χ1v) is 2.64. The number of carbonyl (C=O) groups excluding carboxylic acids is 1. The number of hydrogen-bond acceptors (Lipinski definition) is 3. The lowest BCUT2D eigenvalue weighted by Crippen LogP contribution is -2.04. The lowest BCUT2D eigenvalue weighted by Gasteiger charge is -1.93. The number of hydrogen-bond donors (Lipinski definition) is 0. The van der Waals surface area contributed by atoms with Gasteiger partial charge in [-0.3, -0.25) is 4.79 Å². The molecule has 1 aliphatic heterocycles. The van der Waals surface area contributed by atoms with Gasteiger partial charge in [0.1, 0.15) is 6.61 Å². The van der Waals surface area contributed by atoms with Crippen molar-refractivity contribution in [1.29, 1.82) is 0 Å². The van der Waals surface area contributed by atoms with Crippen LogP contribution < -0.4 is 0 Å². The molecule has 0 radical (unpaired) electrons. The Labute approximate surface area is 47.6 Å². The maximum Gasteiger partial charge on any atom is 0.307 e. The third-order valence-electron chi connectivity index (χ3n) is 0.854. The highest BCUT2D eigenvalue weighted by Crippen LogP contribution is 2.10. The summed E-state index contributed by atoms with van der Waals surface area (Å²) in [5.41, 5.74) is 0. The zero-order valence-corrected chi connectivity index (χ0v) is 4.72. The summed E-state index contributed by atoms with van der Waals surface area (Å²) in [4.78, 5) is 10.4. The summed E-state index contributed by atoms with van der Waals surface area (Å²) in [6, 6.07) is 0. The molecule has 1 rings (SSSR count). The smallest absolute Gasteiger partial charge is 0.307 e. The first-order valence-electron chi connectivity index (χ1n) is 2.64. The van der Waals surface area contributed by atoms with Gasteiger partial charge in [0, 0.05) is 6.42 Å². The van der Waals surface area contributed by atoms with Crippen LogP contribution in [0.4, 0.5) is 0 Å². The van der Waals surface area contributed by atoms with Gasteiger partial charge in [-0.05, 0) is 0 Å². The third kappa shape index (κ3) is 1.50. The van der Waals surface area contributed by atoms with E-state index in [1.165, 1.54) is 0 Å². The van der Waals surface area contributed by atoms with E-state index >= 15 is 0 Å².